The lowest BCUT2D eigenvalue weighted by atomic mass is 10.2. The van der Waals surface area contributed by atoms with Crippen molar-refractivity contribution in [3.05, 3.63) is 94.8 Å². The number of aryl methyl sites for hydroxylation is 1. The van der Waals surface area contributed by atoms with Crippen LogP contribution in [-0.4, -0.2) is 31.4 Å². The van der Waals surface area contributed by atoms with E-state index in [0.29, 0.717) is 21.1 Å². The van der Waals surface area contributed by atoms with Crippen LogP contribution in [0.3, 0.4) is 0 Å². The second kappa shape index (κ2) is 10.4. The van der Waals surface area contributed by atoms with Crippen molar-refractivity contribution in [2.45, 2.75) is 12.1 Å². The van der Waals surface area contributed by atoms with Crippen molar-refractivity contribution < 1.29 is 4.79 Å². The number of nitrogens with zero attached hydrogens (tertiary/aromatic N) is 4. The van der Waals surface area contributed by atoms with Crippen molar-refractivity contribution in [1.29, 1.82) is 0 Å². The number of nitrogens with one attached hydrogen (secondary N) is 1. The van der Waals surface area contributed by atoms with Crippen LogP contribution in [0.2, 0.25) is 5.02 Å². The molecule has 0 radical (unpaired) electrons. The number of halogens is 1. The molecule has 0 saturated heterocycles. The number of carbonyl (C=O) groups is 1. The molecule has 35 heavy (non-hydrogen) atoms. The normalized spacial score (nSPS) is 10.9. The topological polar surface area (TPSA) is 72.7 Å². The summed E-state index contributed by atoms with van der Waals surface area (Å²) in [5, 5.41) is 15.5. The molecule has 6 nitrogen and oxygen atoms in total. The average molecular weight is 518 g/mol. The van der Waals surface area contributed by atoms with E-state index in [9.17, 15) is 4.79 Å². The second-order valence-corrected chi connectivity index (χ2v) is 9.96. The number of anilines is 1. The smallest absolute Gasteiger partial charge is 0.236 e. The zero-order valence-corrected chi connectivity index (χ0v) is 21.1. The Kier molecular flexibility index (Phi) is 6.94. The van der Waals surface area contributed by atoms with E-state index in [-0.39, 0.29) is 11.7 Å². The number of rotatable bonds is 7. The molecule has 2 aromatic heterocycles. The van der Waals surface area contributed by atoms with Crippen LogP contribution in [0.4, 0.5) is 5.13 Å². The lowest BCUT2D eigenvalue weighted by Crippen LogP contribution is -2.14. The molecule has 174 valence electrons. The Balaban J connectivity index is 1.34. The minimum absolute atomic E-state index is 0.157. The third-order valence-corrected chi connectivity index (χ3v) is 7.12. The van der Waals surface area contributed by atoms with Gasteiger partial charge in [0, 0.05) is 27.2 Å². The average Bonchev–Trinajstić information content (AvgIpc) is 3.52. The fourth-order valence-electron chi connectivity index (χ4n) is 3.43. The Morgan fingerprint density at radius 3 is 2.46 bits per heavy atom. The number of amides is 1. The number of hydrogen-bond acceptors (Lipinski definition) is 6. The molecule has 0 saturated carbocycles. The van der Waals surface area contributed by atoms with Crippen LogP contribution in [0.15, 0.2) is 89.4 Å². The Morgan fingerprint density at radius 1 is 0.971 bits per heavy atom. The lowest BCUT2D eigenvalue weighted by Gasteiger charge is -2.11. The third-order valence-electron chi connectivity index (χ3n) is 5.18. The van der Waals surface area contributed by atoms with Crippen LogP contribution in [0, 0.1) is 6.92 Å². The summed E-state index contributed by atoms with van der Waals surface area (Å²) in [6, 6.07) is 25.4. The number of benzene rings is 3. The van der Waals surface area contributed by atoms with Gasteiger partial charge in [0.15, 0.2) is 16.1 Å². The van der Waals surface area contributed by atoms with Gasteiger partial charge in [-0.1, -0.05) is 71.4 Å². The first-order chi connectivity index (χ1) is 17.1. The highest BCUT2D eigenvalue weighted by atomic mass is 35.5. The zero-order chi connectivity index (χ0) is 24.2. The van der Waals surface area contributed by atoms with E-state index in [0.717, 1.165) is 28.1 Å². The van der Waals surface area contributed by atoms with Gasteiger partial charge < -0.3 is 5.32 Å². The molecule has 9 heteroatoms. The highest BCUT2D eigenvalue weighted by Crippen LogP contribution is 2.29. The van der Waals surface area contributed by atoms with Crippen LogP contribution in [0.1, 0.15) is 5.56 Å². The maximum Gasteiger partial charge on any atom is 0.236 e. The van der Waals surface area contributed by atoms with E-state index < -0.39 is 0 Å². The predicted molar refractivity (Wildman–Crippen MR) is 143 cm³/mol. The van der Waals surface area contributed by atoms with Crippen LogP contribution in [0.25, 0.3) is 28.3 Å². The largest absolute Gasteiger partial charge is 0.301 e. The number of hydrogen-bond donors (Lipinski definition) is 1. The molecule has 0 aliphatic carbocycles. The Hall–Kier alpha value is -3.46. The van der Waals surface area contributed by atoms with Crippen LogP contribution in [-0.2, 0) is 4.79 Å². The fraction of sp³-hybridized carbons (Fsp3) is 0.0769. The van der Waals surface area contributed by atoms with Crippen molar-refractivity contribution >= 4 is 45.7 Å². The standard InChI is InChI=1S/C26H20ClN5OS2/c1-17-7-13-21(14-8-17)32-24(19-9-11-20(27)12-10-19)30-31-26(32)35-16-23(33)29-25-28-22(15-34-25)18-5-3-2-4-6-18/h2-15H,16H2,1H3,(H,28,29,33). The van der Waals surface area contributed by atoms with Crippen LogP contribution in [0.5, 0.6) is 0 Å². The van der Waals surface area contributed by atoms with E-state index in [2.05, 4.69) is 20.5 Å². The summed E-state index contributed by atoms with van der Waals surface area (Å²) in [4.78, 5) is 17.2. The summed E-state index contributed by atoms with van der Waals surface area (Å²) in [5.41, 5.74) is 4.81. The molecule has 0 atom stereocenters. The summed E-state index contributed by atoms with van der Waals surface area (Å²) in [6.45, 7) is 2.04. The van der Waals surface area contributed by atoms with Gasteiger partial charge in [0.05, 0.1) is 11.4 Å². The Bertz CT molecular complexity index is 1450. The van der Waals surface area contributed by atoms with E-state index in [1.165, 1.54) is 23.1 Å². The van der Waals surface area contributed by atoms with Crippen LogP contribution >= 0.6 is 34.7 Å². The molecule has 1 N–H and O–H groups in total. The van der Waals surface area contributed by atoms with Crippen molar-refractivity contribution in [2.75, 3.05) is 11.1 Å². The van der Waals surface area contributed by atoms with Gasteiger partial charge in [0.25, 0.3) is 0 Å². The van der Waals surface area contributed by atoms with Gasteiger partial charge >= 0.3 is 0 Å². The van der Waals surface area contributed by atoms with Gasteiger partial charge in [-0.15, -0.1) is 21.5 Å². The van der Waals surface area contributed by atoms with Gasteiger partial charge in [-0.3, -0.25) is 9.36 Å². The summed E-state index contributed by atoms with van der Waals surface area (Å²) < 4.78 is 1.96. The van der Waals surface area contributed by atoms with E-state index >= 15 is 0 Å². The van der Waals surface area contributed by atoms with Crippen LogP contribution < -0.4 is 5.32 Å². The quantitative estimate of drug-likeness (QED) is 0.242. The number of carbonyl (C=O) groups excluding carboxylic acids is 1. The summed E-state index contributed by atoms with van der Waals surface area (Å²) >= 11 is 8.80. The Labute approximate surface area is 216 Å². The molecule has 0 aliphatic rings. The second-order valence-electron chi connectivity index (χ2n) is 7.72. The molecular formula is C26H20ClN5OS2. The highest BCUT2D eigenvalue weighted by Gasteiger charge is 2.18. The number of thioether (sulfide) groups is 1. The van der Waals surface area contributed by atoms with Gasteiger partial charge in [-0.25, -0.2) is 4.98 Å². The van der Waals surface area contributed by atoms with Crippen molar-refractivity contribution in [2.24, 2.45) is 0 Å². The first kappa shape index (κ1) is 23.3. The molecule has 5 rings (SSSR count). The molecule has 0 aliphatic heterocycles. The maximum atomic E-state index is 12.7. The van der Waals surface area contributed by atoms with E-state index in [4.69, 9.17) is 11.6 Å². The van der Waals surface area contributed by atoms with Crippen molar-refractivity contribution in [3.63, 3.8) is 0 Å². The van der Waals surface area contributed by atoms with Crippen molar-refractivity contribution in [1.82, 2.24) is 19.7 Å². The first-order valence-electron chi connectivity index (χ1n) is 10.8. The lowest BCUT2D eigenvalue weighted by molar-refractivity contribution is -0.113. The molecular weight excluding hydrogens is 498 g/mol. The van der Waals surface area contributed by atoms with E-state index in [1.54, 1.807) is 0 Å². The summed E-state index contributed by atoms with van der Waals surface area (Å²) in [7, 11) is 0. The monoisotopic (exact) mass is 517 g/mol. The molecule has 2 heterocycles. The molecule has 5 aromatic rings. The van der Waals surface area contributed by atoms with Gasteiger partial charge in [0.2, 0.25) is 5.91 Å². The predicted octanol–water partition coefficient (Wildman–Crippen LogP) is 6.75. The highest BCUT2D eigenvalue weighted by molar-refractivity contribution is 7.99. The molecule has 1 amide bonds. The summed E-state index contributed by atoms with van der Waals surface area (Å²) in [6.07, 6.45) is 0. The first-order valence-corrected chi connectivity index (χ1v) is 13.0. The maximum absolute atomic E-state index is 12.7. The molecule has 0 spiro atoms. The van der Waals surface area contributed by atoms with Crippen molar-refractivity contribution in [3.8, 4) is 28.3 Å². The molecule has 0 fully saturated rings. The third kappa shape index (κ3) is 5.45. The van der Waals surface area contributed by atoms with Gasteiger partial charge in [-0.2, -0.15) is 0 Å². The SMILES string of the molecule is Cc1ccc(-n2c(SCC(=O)Nc3nc(-c4ccccc4)cs3)nnc2-c2ccc(Cl)cc2)cc1. The number of thiazole rings is 1. The zero-order valence-electron chi connectivity index (χ0n) is 18.7. The molecule has 0 unspecified atom stereocenters. The minimum atomic E-state index is -0.157. The minimum Gasteiger partial charge on any atom is -0.301 e. The van der Waals surface area contributed by atoms with Gasteiger partial charge in [0.1, 0.15) is 0 Å². The fourth-order valence-corrected chi connectivity index (χ4v) is 5.05. The summed E-state index contributed by atoms with van der Waals surface area (Å²) in [5.74, 6) is 0.696. The molecule has 3 aromatic carbocycles. The van der Waals surface area contributed by atoms with E-state index in [1.807, 2.05) is 95.7 Å². The Morgan fingerprint density at radius 2 is 1.71 bits per heavy atom. The number of aromatic nitrogens is 4. The van der Waals surface area contributed by atoms with Gasteiger partial charge in [-0.05, 0) is 43.3 Å². The molecule has 0 bridgehead atoms.